The van der Waals surface area contributed by atoms with Gasteiger partial charge in [-0.05, 0) is 26.7 Å². The van der Waals surface area contributed by atoms with Gasteiger partial charge < -0.3 is 19.7 Å². The maximum Gasteiger partial charge on any atom is 0.326 e. The van der Waals surface area contributed by atoms with Gasteiger partial charge in [0.15, 0.2) is 5.16 Å². The van der Waals surface area contributed by atoms with Crippen LogP contribution in [0.2, 0.25) is 0 Å². The van der Waals surface area contributed by atoms with Crippen LogP contribution in [-0.2, 0) is 14.3 Å². The zero-order chi connectivity index (χ0) is 16.8. The summed E-state index contributed by atoms with van der Waals surface area (Å²) in [7, 11) is 0. The molecule has 2 rings (SSSR count). The van der Waals surface area contributed by atoms with Crippen molar-refractivity contribution in [1.29, 1.82) is 0 Å². The van der Waals surface area contributed by atoms with Crippen LogP contribution >= 0.6 is 11.8 Å². The molecule has 128 valence electrons. The van der Waals surface area contributed by atoms with Crippen LogP contribution < -0.4 is 5.32 Å². The first kappa shape index (κ1) is 17.7. The number of thioether (sulfide) groups is 1. The molecule has 23 heavy (non-hydrogen) atoms. The SMILES string of the molecule is CC(C)n1cnnc1SCC(=O)NC(C(=O)O)C1CCCOC1. The van der Waals surface area contributed by atoms with E-state index < -0.39 is 12.0 Å². The summed E-state index contributed by atoms with van der Waals surface area (Å²) in [4.78, 5) is 23.5. The number of carbonyl (C=O) groups excluding carboxylic acids is 1. The third-order valence-electron chi connectivity index (χ3n) is 3.68. The number of nitrogens with zero attached hydrogens (tertiary/aromatic N) is 3. The molecule has 1 aromatic rings. The molecule has 0 bridgehead atoms. The lowest BCUT2D eigenvalue weighted by Gasteiger charge is -2.28. The molecule has 2 heterocycles. The molecule has 0 spiro atoms. The van der Waals surface area contributed by atoms with Gasteiger partial charge in [0.25, 0.3) is 0 Å². The molecule has 1 aliphatic heterocycles. The molecular formula is C14H22N4O4S. The van der Waals surface area contributed by atoms with E-state index in [1.807, 2.05) is 18.4 Å². The fraction of sp³-hybridized carbons (Fsp3) is 0.714. The number of carbonyl (C=O) groups is 2. The molecule has 2 atom stereocenters. The average Bonchev–Trinajstić information content (AvgIpc) is 3.00. The molecule has 1 amide bonds. The van der Waals surface area contributed by atoms with Crippen LogP contribution in [0.1, 0.15) is 32.7 Å². The molecule has 1 aliphatic rings. The smallest absolute Gasteiger partial charge is 0.326 e. The minimum Gasteiger partial charge on any atom is -0.480 e. The molecule has 0 radical (unpaired) electrons. The second-order valence-corrected chi connectivity index (χ2v) is 6.71. The van der Waals surface area contributed by atoms with Gasteiger partial charge in [0, 0.05) is 18.6 Å². The first-order chi connectivity index (χ1) is 11.0. The number of hydrogen-bond donors (Lipinski definition) is 2. The molecule has 0 saturated carbocycles. The van der Waals surface area contributed by atoms with E-state index in [1.165, 1.54) is 11.8 Å². The van der Waals surface area contributed by atoms with Crippen molar-refractivity contribution in [3.8, 4) is 0 Å². The largest absolute Gasteiger partial charge is 0.480 e. The molecule has 1 fully saturated rings. The average molecular weight is 342 g/mol. The predicted molar refractivity (Wildman–Crippen MR) is 84.2 cm³/mol. The Hall–Kier alpha value is -1.61. The first-order valence-electron chi connectivity index (χ1n) is 7.61. The second kappa shape index (κ2) is 8.30. The lowest BCUT2D eigenvalue weighted by atomic mass is 9.94. The Morgan fingerprint density at radius 3 is 2.96 bits per heavy atom. The van der Waals surface area contributed by atoms with Crippen molar-refractivity contribution < 1.29 is 19.4 Å². The standard InChI is InChI=1S/C14H22N4O4S/c1-9(2)18-8-15-17-14(18)23-7-11(19)16-12(13(20)21)10-4-3-5-22-6-10/h8-10,12H,3-7H2,1-2H3,(H,16,19)(H,20,21). The number of ether oxygens (including phenoxy) is 1. The van der Waals surface area contributed by atoms with Gasteiger partial charge in [0.1, 0.15) is 12.4 Å². The minimum atomic E-state index is -1.02. The molecule has 0 aromatic carbocycles. The zero-order valence-electron chi connectivity index (χ0n) is 13.3. The predicted octanol–water partition coefficient (Wildman–Crippen LogP) is 0.947. The van der Waals surface area contributed by atoms with E-state index in [9.17, 15) is 14.7 Å². The van der Waals surface area contributed by atoms with Crippen LogP contribution in [0.15, 0.2) is 11.5 Å². The second-order valence-electron chi connectivity index (χ2n) is 5.76. The van der Waals surface area contributed by atoms with E-state index in [4.69, 9.17) is 4.74 Å². The van der Waals surface area contributed by atoms with Crippen molar-refractivity contribution in [2.45, 2.75) is 43.9 Å². The van der Waals surface area contributed by atoms with Gasteiger partial charge in [-0.2, -0.15) is 0 Å². The third kappa shape index (κ3) is 4.93. The van der Waals surface area contributed by atoms with Crippen molar-refractivity contribution in [1.82, 2.24) is 20.1 Å². The maximum atomic E-state index is 12.1. The number of rotatable bonds is 7. The lowest BCUT2D eigenvalue weighted by molar-refractivity contribution is -0.144. The lowest BCUT2D eigenvalue weighted by Crippen LogP contribution is -2.49. The van der Waals surface area contributed by atoms with Crippen LogP contribution in [0.25, 0.3) is 0 Å². The number of amides is 1. The van der Waals surface area contributed by atoms with E-state index in [0.29, 0.717) is 18.4 Å². The molecule has 1 aromatic heterocycles. The number of aliphatic carboxylic acids is 1. The Kier molecular flexibility index (Phi) is 6.40. The van der Waals surface area contributed by atoms with Crippen molar-refractivity contribution >= 4 is 23.6 Å². The number of carboxylic acid groups (broad SMARTS) is 1. The van der Waals surface area contributed by atoms with Gasteiger partial charge in [-0.1, -0.05) is 11.8 Å². The quantitative estimate of drug-likeness (QED) is 0.710. The van der Waals surface area contributed by atoms with E-state index in [2.05, 4.69) is 15.5 Å². The van der Waals surface area contributed by atoms with E-state index in [0.717, 1.165) is 12.8 Å². The van der Waals surface area contributed by atoms with Crippen molar-refractivity contribution in [2.24, 2.45) is 5.92 Å². The third-order valence-corrected chi connectivity index (χ3v) is 4.64. The summed E-state index contributed by atoms with van der Waals surface area (Å²) < 4.78 is 7.18. The van der Waals surface area contributed by atoms with Crippen LogP contribution in [0.5, 0.6) is 0 Å². The molecular weight excluding hydrogens is 320 g/mol. The summed E-state index contributed by atoms with van der Waals surface area (Å²) >= 11 is 1.24. The Morgan fingerprint density at radius 1 is 1.57 bits per heavy atom. The highest BCUT2D eigenvalue weighted by molar-refractivity contribution is 7.99. The monoisotopic (exact) mass is 342 g/mol. The minimum absolute atomic E-state index is 0.1000. The van der Waals surface area contributed by atoms with E-state index in [-0.39, 0.29) is 23.6 Å². The Morgan fingerprint density at radius 2 is 2.35 bits per heavy atom. The van der Waals surface area contributed by atoms with Crippen molar-refractivity contribution in [3.05, 3.63) is 6.33 Å². The van der Waals surface area contributed by atoms with Gasteiger partial charge in [0.2, 0.25) is 5.91 Å². The summed E-state index contributed by atoms with van der Waals surface area (Å²) in [5, 5.41) is 20.4. The molecule has 2 N–H and O–H groups in total. The van der Waals surface area contributed by atoms with E-state index >= 15 is 0 Å². The first-order valence-corrected chi connectivity index (χ1v) is 8.59. The number of nitrogens with one attached hydrogen (secondary N) is 1. The van der Waals surface area contributed by atoms with Gasteiger partial charge in [-0.3, -0.25) is 4.79 Å². The number of aromatic nitrogens is 3. The number of hydrogen-bond acceptors (Lipinski definition) is 6. The van der Waals surface area contributed by atoms with Crippen LogP contribution in [0.4, 0.5) is 0 Å². The maximum absolute atomic E-state index is 12.1. The summed E-state index contributed by atoms with van der Waals surface area (Å²) in [6, 6.07) is -0.715. The molecule has 8 nitrogen and oxygen atoms in total. The molecule has 2 unspecified atom stereocenters. The van der Waals surface area contributed by atoms with Gasteiger partial charge >= 0.3 is 5.97 Å². The summed E-state index contributed by atoms with van der Waals surface area (Å²) in [6.07, 6.45) is 3.17. The van der Waals surface area contributed by atoms with Crippen molar-refractivity contribution in [3.63, 3.8) is 0 Å². The van der Waals surface area contributed by atoms with Crippen molar-refractivity contribution in [2.75, 3.05) is 19.0 Å². The molecule has 1 saturated heterocycles. The Bertz CT molecular complexity index is 543. The Labute approximate surface area is 139 Å². The number of carboxylic acids is 1. The van der Waals surface area contributed by atoms with E-state index in [1.54, 1.807) is 6.33 Å². The van der Waals surface area contributed by atoms with Gasteiger partial charge in [0.05, 0.1) is 12.4 Å². The topological polar surface area (TPSA) is 106 Å². The fourth-order valence-corrected chi connectivity index (χ4v) is 3.30. The Balaban J connectivity index is 1.89. The fourth-order valence-electron chi connectivity index (χ4n) is 2.44. The highest BCUT2D eigenvalue weighted by Gasteiger charge is 2.31. The summed E-state index contributed by atoms with van der Waals surface area (Å²) in [5.41, 5.74) is 0. The van der Waals surface area contributed by atoms with Gasteiger partial charge in [-0.25, -0.2) is 4.79 Å². The summed E-state index contributed by atoms with van der Waals surface area (Å²) in [5.74, 6) is -1.44. The van der Waals surface area contributed by atoms with Crippen LogP contribution in [-0.4, -0.2) is 56.8 Å². The van der Waals surface area contributed by atoms with Gasteiger partial charge in [-0.15, -0.1) is 10.2 Å². The van der Waals surface area contributed by atoms with Crippen LogP contribution in [0.3, 0.4) is 0 Å². The van der Waals surface area contributed by atoms with Crippen LogP contribution in [0, 0.1) is 5.92 Å². The normalized spacial score (nSPS) is 19.5. The highest BCUT2D eigenvalue weighted by atomic mass is 32.2. The zero-order valence-corrected chi connectivity index (χ0v) is 14.1. The summed E-state index contributed by atoms with van der Waals surface area (Å²) in [6.45, 7) is 5.01. The highest BCUT2D eigenvalue weighted by Crippen LogP contribution is 2.20. The molecule has 0 aliphatic carbocycles. The molecule has 9 heteroatoms.